The molecule has 0 spiro atoms. The fourth-order valence-corrected chi connectivity index (χ4v) is 2.48. The fraction of sp³-hybridized carbons (Fsp3) is 0.294. The molecule has 2 aromatic rings. The molecule has 0 aliphatic carbocycles. The molecule has 2 N–H and O–H groups in total. The van der Waals surface area contributed by atoms with Gasteiger partial charge in [-0.15, -0.1) is 11.8 Å². The van der Waals surface area contributed by atoms with Crippen LogP contribution in [0, 0.1) is 5.82 Å². The van der Waals surface area contributed by atoms with Crippen LogP contribution in [0.3, 0.4) is 0 Å². The number of nitrogens with two attached hydrogens (primary N) is 1. The van der Waals surface area contributed by atoms with E-state index in [2.05, 4.69) is 0 Å². The van der Waals surface area contributed by atoms with Crippen LogP contribution in [0.2, 0.25) is 0 Å². The fourth-order valence-electron chi connectivity index (χ4n) is 2.07. The molecule has 0 fully saturated rings. The molecule has 4 heteroatoms. The molecule has 2 atom stereocenters. The molecule has 112 valence electrons. The minimum Gasteiger partial charge on any atom is -0.484 e. The summed E-state index contributed by atoms with van der Waals surface area (Å²) in [4.78, 5) is 1.18. The number of rotatable bonds is 6. The lowest BCUT2D eigenvalue weighted by atomic mass is 10.0. The van der Waals surface area contributed by atoms with Crippen molar-refractivity contribution in [3.05, 3.63) is 59.9 Å². The van der Waals surface area contributed by atoms with Gasteiger partial charge in [-0.05, 0) is 54.6 Å². The normalized spacial score (nSPS) is 13.7. The summed E-state index contributed by atoms with van der Waals surface area (Å²) in [5.41, 5.74) is 7.06. The lowest BCUT2D eigenvalue weighted by Crippen LogP contribution is -2.31. The van der Waals surface area contributed by atoms with Gasteiger partial charge in [0.25, 0.3) is 0 Å². The number of hydrogen-bond donors (Lipinski definition) is 1. The lowest BCUT2D eigenvalue weighted by Gasteiger charge is -2.25. The minimum atomic E-state index is -0.282. The summed E-state index contributed by atoms with van der Waals surface area (Å²) in [7, 11) is 0. The van der Waals surface area contributed by atoms with Crippen LogP contribution >= 0.6 is 11.8 Å². The molecular formula is C17H20FNOS. The van der Waals surface area contributed by atoms with Crippen LogP contribution in [0.5, 0.6) is 5.75 Å². The third-order valence-corrected chi connectivity index (χ3v) is 4.12. The van der Waals surface area contributed by atoms with Gasteiger partial charge in [-0.1, -0.05) is 19.1 Å². The van der Waals surface area contributed by atoms with Crippen molar-refractivity contribution in [2.24, 2.45) is 5.73 Å². The lowest BCUT2D eigenvalue weighted by molar-refractivity contribution is 0.171. The van der Waals surface area contributed by atoms with Gasteiger partial charge in [0.2, 0.25) is 0 Å². The number of ether oxygens (including phenoxy) is 1. The van der Waals surface area contributed by atoms with E-state index < -0.39 is 0 Å². The van der Waals surface area contributed by atoms with E-state index in [1.807, 2.05) is 37.4 Å². The van der Waals surface area contributed by atoms with Gasteiger partial charge in [-0.2, -0.15) is 0 Å². The Hall–Kier alpha value is -1.52. The second-order valence-electron chi connectivity index (χ2n) is 4.84. The molecule has 0 saturated heterocycles. The molecular weight excluding hydrogens is 285 g/mol. The predicted molar refractivity (Wildman–Crippen MR) is 86.3 cm³/mol. The number of benzene rings is 2. The Morgan fingerprint density at radius 2 is 1.71 bits per heavy atom. The Morgan fingerprint density at radius 1 is 1.10 bits per heavy atom. The predicted octanol–water partition coefficient (Wildman–Crippen LogP) is 4.41. The molecule has 2 rings (SSSR count). The molecule has 0 heterocycles. The topological polar surface area (TPSA) is 35.2 Å². The van der Waals surface area contributed by atoms with Crippen LogP contribution in [-0.4, -0.2) is 12.3 Å². The summed E-state index contributed by atoms with van der Waals surface area (Å²) >= 11 is 1.68. The van der Waals surface area contributed by atoms with E-state index in [9.17, 15) is 4.39 Å². The van der Waals surface area contributed by atoms with Crippen molar-refractivity contribution in [1.82, 2.24) is 0 Å². The van der Waals surface area contributed by atoms with Crippen molar-refractivity contribution in [3.8, 4) is 5.75 Å². The highest BCUT2D eigenvalue weighted by Crippen LogP contribution is 2.27. The van der Waals surface area contributed by atoms with E-state index in [-0.39, 0.29) is 18.0 Å². The van der Waals surface area contributed by atoms with Crippen LogP contribution in [0.15, 0.2) is 53.4 Å². The molecule has 0 radical (unpaired) electrons. The first kappa shape index (κ1) is 15.9. The smallest absolute Gasteiger partial charge is 0.139 e. The van der Waals surface area contributed by atoms with Crippen LogP contribution in [-0.2, 0) is 0 Å². The maximum atomic E-state index is 13.1. The first-order valence-corrected chi connectivity index (χ1v) is 8.18. The van der Waals surface area contributed by atoms with Crippen molar-refractivity contribution in [1.29, 1.82) is 0 Å². The molecule has 21 heavy (non-hydrogen) atoms. The second kappa shape index (κ2) is 7.48. The van der Waals surface area contributed by atoms with E-state index in [0.29, 0.717) is 0 Å². The summed E-state index contributed by atoms with van der Waals surface area (Å²) in [5.74, 6) is 0.512. The van der Waals surface area contributed by atoms with Crippen LogP contribution in [0.25, 0.3) is 0 Å². The number of hydrogen-bond acceptors (Lipinski definition) is 3. The van der Waals surface area contributed by atoms with Gasteiger partial charge in [0.1, 0.15) is 17.7 Å². The van der Waals surface area contributed by atoms with Gasteiger partial charge in [0.05, 0.1) is 0 Å². The molecule has 0 saturated carbocycles. The third-order valence-electron chi connectivity index (χ3n) is 3.38. The highest BCUT2D eigenvalue weighted by molar-refractivity contribution is 7.98. The minimum absolute atomic E-state index is 0.143. The summed E-state index contributed by atoms with van der Waals surface area (Å²) in [6.45, 7) is 2.02. The average Bonchev–Trinajstić information content (AvgIpc) is 2.53. The largest absolute Gasteiger partial charge is 0.484 e. The monoisotopic (exact) mass is 305 g/mol. The van der Waals surface area contributed by atoms with Gasteiger partial charge in [0, 0.05) is 10.9 Å². The summed E-state index contributed by atoms with van der Waals surface area (Å²) in [5, 5.41) is 0. The molecule has 0 aliphatic rings. The van der Waals surface area contributed by atoms with E-state index in [4.69, 9.17) is 10.5 Å². The van der Waals surface area contributed by atoms with Gasteiger partial charge >= 0.3 is 0 Å². The van der Waals surface area contributed by atoms with Crippen molar-refractivity contribution < 1.29 is 9.13 Å². The molecule has 2 unspecified atom stereocenters. The first-order valence-electron chi connectivity index (χ1n) is 6.95. The zero-order valence-electron chi connectivity index (χ0n) is 12.3. The second-order valence-corrected chi connectivity index (χ2v) is 5.72. The molecule has 0 amide bonds. The Morgan fingerprint density at radius 3 is 2.24 bits per heavy atom. The summed E-state index contributed by atoms with van der Waals surface area (Å²) in [6, 6.07) is 14.1. The maximum Gasteiger partial charge on any atom is 0.139 e. The molecule has 0 bridgehead atoms. The number of halogens is 1. The van der Waals surface area contributed by atoms with Crippen molar-refractivity contribution >= 4 is 11.8 Å². The van der Waals surface area contributed by atoms with Gasteiger partial charge < -0.3 is 10.5 Å². The molecule has 2 nitrogen and oxygen atoms in total. The number of thioether (sulfide) groups is 1. The Balaban J connectivity index is 2.21. The van der Waals surface area contributed by atoms with Gasteiger partial charge in [-0.25, -0.2) is 4.39 Å². The van der Waals surface area contributed by atoms with Crippen molar-refractivity contribution in [2.75, 3.05) is 6.26 Å². The van der Waals surface area contributed by atoms with E-state index in [0.717, 1.165) is 17.7 Å². The van der Waals surface area contributed by atoms with Gasteiger partial charge in [0.15, 0.2) is 0 Å². The quantitative estimate of drug-likeness (QED) is 0.803. The maximum absolute atomic E-state index is 13.1. The zero-order chi connectivity index (χ0) is 15.2. The Kier molecular flexibility index (Phi) is 5.65. The Bertz CT molecular complexity index is 556. The highest BCUT2D eigenvalue weighted by Gasteiger charge is 2.20. The molecule has 2 aromatic carbocycles. The Labute approximate surface area is 129 Å². The SMILES string of the molecule is CCC(N)C(Oc1ccc(SC)cc1)c1ccc(F)cc1. The third kappa shape index (κ3) is 4.22. The first-order chi connectivity index (χ1) is 10.1. The molecule has 0 aliphatic heterocycles. The van der Waals surface area contributed by atoms with E-state index in [1.54, 1.807) is 23.9 Å². The highest BCUT2D eigenvalue weighted by atomic mass is 32.2. The van der Waals surface area contributed by atoms with Crippen LogP contribution in [0.4, 0.5) is 4.39 Å². The standard InChI is InChI=1S/C17H20FNOS/c1-3-16(19)17(12-4-6-13(18)7-5-12)20-14-8-10-15(21-2)11-9-14/h4-11,16-17H,3,19H2,1-2H3. The van der Waals surface area contributed by atoms with E-state index in [1.165, 1.54) is 17.0 Å². The zero-order valence-corrected chi connectivity index (χ0v) is 13.1. The summed E-state index contributed by atoms with van der Waals surface area (Å²) in [6.07, 6.45) is 2.53. The average molecular weight is 305 g/mol. The summed E-state index contributed by atoms with van der Waals surface area (Å²) < 4.78 is 19.1. The van der Waals surface area contributed by atoms with Crippen LogP contribution < -0.4 is 10.5 Å². The van der Waals surface area contributed by atoms with E-state index >= 15 is 0 Å². The van der Waals surface area contributed by atoms with Crippen molar-refractivity contribution in [2.45, 2.75) is 30.4 Å². The van der Waals surface area contributed by atoms with Gasteiger partial charge in [-0.3, -0.25) is 0 Å². The van der Waals surface area contributed by atoms with Crippen molar-refractivity contribution in [3.63, 3.8) is 0 Å². The van der Waals surface area contributed by atoms with Crippen LogP contribution in [0.1, 0.15) is 25.0 Å². The molecule has 0 aromatic heterocycles.